The molecule has 0 saturated carbocycles. The van der Waals surface area contributed by atoms with Gasteiger partial charge in [0, 0.05) is 12.3 Å². The number of carbonyl (C=O) groups is 3. The zero-order valence-corrected chi connectivity index (χ0v) is 11.3. The number of nitrogens with zero attached hydrogens (tertiary/aromatic N) is 1. The number of urea groups is 1. The summed E-state index contributed by atoms with van der Waals surface area (Å²) in [6.07, 6.45) is 0. The number of carboxylic acids is 1. The Morgan fingerprint density at radius 3 is 2.79 bits per heavy atom. The first kappa shape index (κ1) is 15.6. The van der Waals surface area contributed by atoms with Crippen LogP contribution in [0.4, 0.5) is 4.79 Å². The van der Waals surface area contributed by atoms with E-state index in [1.54, 1.807) is 6.92 Å². The number of ether oxygens (including phenoxy) is 1. The zero-order chi connectivity index (χ0) is 14.4. The first-order valence-corrected chi connectivity index (χ1v) is 6.75. The van der Waals surface area contributed by atoms with E-state index >= 15 is 0 Å². The van der Waals surface area contributed by atoms with Crippen molar-refractivity contribution in [1.29, 1.82) is 0 Å². The number of amides is 3. The van der Waals surface area contributed by atoms with Gasteiger partial charge in [-0.05, 0) is 6.92 Å². The summed E-state index contributed by atoms with van der Waals surface area (Å²) in [6, 6.07) is -1.26. The Labute approximate surface area is 114 Å². The Kier molecular flexibility index (Phi) is 5.90. The van der Waals surface area contributed by atoms with Crippen molar-refractivity contribution in [1.82, 2.24) is 10.2 Å². The van der Waals surface area contributed by atoms with Gasteiger partial charge in [0.05, 0.1) is 12.0 Å². The van der Waals surface area contributed by atoms with Gasteiger partial charge in [-0.25, -0.2) is 9.59 Å². The zero-order valence-electron chi connectivity index (χ0n) is 10.5. The van der Waals surface area contributed by atoms with Gasteiger partial charge in [0.1, 0.15) is 12.6 Å². The molecule has 108 valence electrons. The molecule has 19 heavy (non-hydrogen) atoms. The molecule has 0 aliphatic carbocycles. The number of thioether (sulfide) groups is 1. The highest BCUT2D eigenvalue weighted by atomic mass is 32.2. The van der Waals surface area contributed by atoms with E-state index in [-0.39, 0.29) is 25.1 Å². The van der Waals surface area contributed by atoms with Crippen molar-refractivity contribution in [2.45, 2.75) is 18.3 Å². The van der Waals surface area contributed by atoms with Crippen molar-refractivity contribution < 1.29 is 24.2 Å². The summed E-state index contributed by atoms with van der Waals surface area (Å²) in [5.41, 5.74) is 4.88. The maximum Gasteiger partial charge on any atom is 0.327 e. The number of carbonyl (C=O) groups excluding carboxylic acids is 2. The van der Waals surface area contributed by atoms with Crippen molar-refractivity contribution in [3.8, 4) is 0 Å². The van der Waals surface area contributed by atoms with E-state index in [0.717, 1.165) is 0 Å². The van der Waals surface area contributed by atoms with Gasteiger partial charge in [-0.15, -0.1) is 11.8 Å². The molecule has 0 aromatic carbocycles. The Balaban J connectivity index is 2.35. The predicted octanol–water partition coefficient (Wildman–Crippen LogP) is -0.954. The van der Waals surface area contributed by atoms with Gasteiger partial charge in [0.2, 0.25) is 5.91 Å². The molecule has 1 saturated heterocycles. The third-order valence-electron chi connectivity index (χ3n) is 2.51. The largest absolute Gasteiger partial charge is 0.480 e. The van der Waals surface area contributed by atoms with E-state index in [1.807, 2.05) is 0 Å². The second kappa shape index (κ2) is 7.19. The average Bonchev–Trinajstić information content (AvgIpc) is 2.70. The fraction of sp³-hybridized carbons (Fsp3) is 0.700. The van der Waals surface area contributed by atoms with Crippen LogP contribution < -0.4 is 11.1 Å². The molecule has 0 radical (unpaired) electrons. The molecular formula is C10H17N3O5S. The number of aliphatic carboxylic acids is 1. The Bertz CT molecular complexity index is 365. The normalized spacial score (nSPS) is 22.3. The van der Waals surface area contributed by atoms with E-state index < -0.39 is 23.9 Å². The molecule has 0 bridgehead atoms. The molecule has 0 aromatic rings. The van der Waals surface area contributed by atoms with E-state index in [0.29, 0.717) is 5.75 Å². The van der Waals surface area contributed by atoms with E-state index in [4.69, 9.17) is 15.6 Å². The fourth-order valence-electron chi connectivity index (χ4n) is 1.64. The molecule has 4 N–H and O–H groups in total. The first-order chi connectivity index (χ1) is 8.93. The lowest BCUT2D eigenvalue weighted by Gasteiger charge is -2.25. The third kappa shape index (κ3) is 4.60. The highest BCUT2D eigenvalue weighted by Crippen LogP contribution is 2.28. The molecule has 0 spiro atoms. The monoisotopic (exact) mass is 291 g/mol. The highest BCUT2D eigenvalue weighted by Gasteiger charge is 2.39. The van der Waals surface area contributed by atoms with Gasteiger partial charge < -0.3 is 20.9 Å². The van der Waals surface area contributed by atoms with Crippen LogP contribution in [-0.4, -0.2) is 64.8 Å². The van der Waals surface area contributed by atoms with E-state index in [9.17, 15) is 14.4 Å². The fourth-order valence-corrected chi connectivity index (χ4v) is 2.80. The lowest BCUT2D eigenvalue weighted by molar-refractivity contribution is -0.141. The topological polar surface area (TPSA) is 122 Å². The Morgan fingerprint density at radius 2 is 2.21 bits per heavy atom. The molecule has 3 amide bonds. The second-order valence-corrected chi connectivity index (χ2v) is 5.29. The minimum atomic E-state index is -1.02. The summed E-state index contributed by atoms with van der Waals surface area (Å²) in [4.78, 5) is 34.6. The number of hydrogen-bond acceptors (Lipinski definition) is 5. The van der Waals surface area contributed by atoms with Crippen molar-refractivity contribution in [3.63, 3.8) is 0 Å². The quantitative estimate of drug-likeness (QED) is 0.542. The van der Waals surface area contributed by atoms with Crippen LogP contribution in [0.5, 0.6) is 0 Å². The summed E-state index contributed by atoms with van der Waals surface area (Å²) < 4.78 is 4.88. The van der Waals surface area contributed by atoms with Crippen molar-refractivity contribution in [3.05, 3.63) is 0 Å². The van der Waals surface area contributed by atoms with Crippen LogP contribution in [0.15, 0.2) is 0 Å². The van der Waals surface area contributed by atoms with Gasteiger partial charge >= 0.3 is 12.0 Å². The number of primary amides is 1. The number of hydrogen-bond donors (Lipinski definition) is 3. The SMILES string of the molecule is CC1SCC(C(=O)O)N1C(=O)NCCOCC(N)=O. The molecule has 1 rings (SSSR count). The van der Waals surface area contributed by atoms with Crippen LogP contribution in [0.1, 0.15) is 6.92 Å². The standard InChI is InChI=1S/C10H17N3O5S/c1-6-13(7(5-19-6)9(15)16)10(17)12-2-3-18-4-8(11)14/h6-7H,2-5H2,1H3,(H2,11,14)(H,12,17)(H,15,16). The summed E-state index contributed by atoms with van der Waals surface area (Å²) in [6.45, 7) is 1.90. The van der Waals surface area contributed by atoms with Crippen molar-refractivity contribution >= 4 is 29.7 Å². The van der Waals surface area contributed by atoms with E-state index in [2.05, 4.69) is 5.32 Å². The van der Waals surface area contributed by atoms with Gasteiger partial charge in [-0.2, -0.15) is 0 Å². The second-order valence-electron chi connectivity index (χ2n) is 3.94. The number of rotatable bonds is 6. The van der Waals surface area contributed by atoms with Crippen LogP contribution in [0, 0.1) is 0 Å². The van der Waals surface area contributed by atoms with Crippen LogP contribution in [0.2, 0.25) is 0 Å². The number of nitrogens with one attached hydrogen (secondary N) is 1. The molecule has 1 fully saturated rings. The number of carboxylic acid groups (broad SMARTS) is 1. The van der Waals surface area contributed by atoms with Crippen molar-refractivity contribution in [2.75, 3.05) is 25.5 Å². The van der Waals surface area contributed by atoms with Crippen LogP contribution in [-0.2, 0) is 14.3 Å². The summed E-state index contributed by atoms with van der Waals surface area (Å²) in [7, 11) is 0. The third-order valence-corrected chi connectivity index (χ3v) is 3.73. The Morgan fingerprint density at radius 1 is 1.53 bits per heavy atom. The molecule has 1 aliphatic rings. The molecule has 1 heterocycles. The van der Waals surface area contributed by atoms with Gasteiger partial charge in [-0.1, -0.05) is 0 Å². The van der Waals surface area contributed by atoms with Crippen LogP contribution in [0.25, 0.3) is 0 Å². The molecule has 1 aliphatic heterocycles. The smallest absolute Gasteiger partial charge is 0.327 e. The van der Waals surface area contributed by atoms with Crippen molar-refractivity contribution in [2.24, 2.45) is 5.73 Å². The van der Waals surface area contributed by atoms with Crippen LogP contribution >= 0.6 is 11.8 Å². The molecule has 0 aromatic heterocycles. The van der Waals surface area contributed by atoms with E-state index in [1.165, 1.54) is 16.7 Å². The first-order valence-electron chi connectivity index (χ1n) is 5.70. The lowest BCUT2D eigenvalue weighted by Crippen LogP contribution is -2.50. The predicted molar refractivity (Wildman–Crippen MR) is 68.6 cm³/mol. The molecule has 2 atom stereocenters. The Hall–Kier alpha value is -1.48. The minimum Gasteiger partial charge on any atom is -0.480 e. The van der Waals surface area contributed by atoms with Gasteiger partial charge in [0.15, 0.2) is 0 Å². The summed E-state index contributed by atoms with van der Waals surface area (Å²) >= 11 is 1.41. The molecule has 8 nitrogen and oxygen atoms in total. The molecule has 9 heteroatoms. The van der Waals surface area contributed by atoms with Crippen LogP contribution in [0.3, 0.4) is 0 Å². The average molecular weight is 291 g/mol. The molecule has 2 unspecified atom stereocenters. The highest BCUT2D eigenvalue weighted by molar-refractivity contribution is 8.00. The summed E-state index contributed by atoms with van der Waals surface area (Å²) in [5.74, 6) is -1.22. The molecular weight excluding hydrogens is 274 g/mol. The van der Waals surface area contributed by atoms with Gasteiger partial charge in [-0.3, -0.25) is 9.69 Å². The summed E-state index contributed by atoms with van der Waals surface area (Å²) in [5, 5.41) is 11.4. The maximum absolute atomic E-state index is 11.9. The number of nitrogens with two attached hydrogens (primary N) is 1. The minimum absolute atomic E-state index is 0.141. The maximum atomic E-state index is 11.9. The van der Waals surface area contributed by atoms with Gasteiger partial charge in [0.25, 0.3) is 0 Å². The lowest BCUT2D eigenvalue weighted by atomic mass is 10.3.